The molecule has 2 unspecified atom stereocenters. The zero-order chi connectivity index (χ0) is 12.3. The van der Waals surface area contributed by atoms with Crippen molar-refractivity contribution in [2.75, 3.05) is 0 Å². The molecule has 1 heterocycles. The van der Waals surface area contributed by atoms with Gasteiger partial charge in [0.25, 0.3) is 0 Å². The molecular weight excluding hydrogens is 310 g/mol. The Morgan fingerprint density at radius 3 is 2.50 bits per heavy atom. The van der Waals surface area contributed by atoms with Gasteiger partial charge in [-0.3, -0.25) is 4.79 Å². The number of hydrogen-bond acceptors (Lipinski definition) is 2. The summed E-state index contributed by atoms with van der Waals surface area (Å²) >= 11 is 10.7. The monoisotopic (exact) mass is 323 g/mol. The minimum Gasteiger partial charge on any atom is -0.348 e. The van der Waals surface area contributed by atoms with Crippen molar-refractivity contribution in [2.24, 2.45) is 5.92 Å². The van der Waals surface area contributed by atoms with E-state index in [1.54, 1.807) is 0 Å². The molecule has 1 amide bonds. The third-order valence-electron chi connectivity index (χ3n) is 2.22. The summed E-state index contributed by atoms with van der Waals surface area (Å²) in [7, 11) is 0. The number of amides is 1. The van der Waals surface area contributed by atoms with E-state index in [9.17, 15) is 4.79 Å². The number of nitrogens with one attached hydrogen (secondary N) is 1. The summed E-state index contributed by atoms with van der Waals surface area (Å²) in [5.74, 6) is 0.297. The number of thiophene rings is 1. The normalized spacial score (nSPS) is 14.9. The standard InChI is InChI=1S/C11H15BrClNOS/c1-6(2)10(12)11(15)14-7(3)8-4-5-9(13)16-8/h4-7,10H,1-3H3,(H,14,15). The van der Waals surface area contributed by atoms with Crippen LogP contribution in [0.4, 0.5) is 0 Å². The fourth-order valence-corrected chi connectivity index (χ4v) is 2.42. The third-order valence-corrected chi connectivity index (χ3v) is 5.10. The van der Waals surface area contributed by atoms with Gasteiger partial charge in [0.15, 0.2) is 0 Å². The topological polar surface area (TPSA) is 29.1 Å². The highest BCUT2D eigenvalue weighted by Crippen LogP contribution is 2.27. The van der Waals surface area contributed by atoms with Crippen LogP contribution < -0.4 is 5.32 Å². The van der Waals surface area contributed by atoms with Gasteiger partial charge in [-0.1, -0.05) is 41.4 Å². The molecule has 0 bridgehead atoms. The fourth-order valence-electron chi connectivity index (χ4n) is 1.23. The molecule has 0 saturated heterocycles. The van der Waals surface area contributed by atoms with Crippen LogP contribution in [0.1, 0.15) is 31.7 Å². The van der Waals surface area contributed by atoms with Crippen LogP contribution in [0.15, 0.2) is 12.1 Å². The van der Waals surface area contributed by atoms with E-state index < -0.39 is 0 Å². The van der Waals surface area contributed by atoms with E-state index in [0.717, 1.165) is 9.21 Å². The summed E-state index contributed by atoms with van der Waals surface area (Å²) in [6.07, 6.45) is 0. The number of carbonyl (C=O) groups is 1. The lowest BCUT2D eigenvalue weighted by Gasteiger charge is -2.17. The van der Waals surface area contributed by atoms with Gasteiger partial charge in [0.2, 0.25) is 5.91 Å². The van der Waals surface area contributed by atoms with Crippen molar-refractivity contribution in [3.8, 4) is 0 Å². The molecular formula is C11H15BrClNOS. The summed E-state index contributed by atoms with van der Waals surface area (Å²) < 4.78 is 0.746. The molecule has 1 rings (SSSR count). The predicted molar refractivity (Wildman–Crippen MR) is 73.4 cm³/mol. The van der Waals surface area contributed by atoms with Crippen molar-refractivity contribution >= 4 is 44.8 Å². The van der Waals surface area contributed by atoms with Crippen molar-refractivity contribution < 1.29 is 4.79 Å². The molecule has 0 aliphatic rings. The van der Waals surface area contributed by atoms with Gasteiger partial charge in [0, 0.05) is 4.88 Å². The van der Waals surface area contributed by atoms with Gasteiger partial charge in [-0.25, -0.2) is 0 Å². The highest BCUT2D eigenvalue weighted by molar-refractivity contribution is 9.10. The first-order valence-electron chi connectivity index (χ1n) is 5.11. The first-order chi connectivity index (χ1) is 7.41. The maximum atomic E-state index is 11.8. The molecule has 0 aliphatic heterocycles. The molecule has 1 N–H and O–H groups in total. The number of hydrogen-bond donors (Lipinski definition) is 1. The van der Waals surface area contributed by atoms with Crippen molar-refractivity contribution in [3.63, 3.8) is 0 Å². The van der Waals surface area contributed by atoms with Gasteiger partial charge in [-0.05, 0) is 25.0 Å². The molecule has 0 spiro atoms. The van der Waals surface area contributed by atoms with Crippen LogP contribution >= 0.6 is 38.9 Å². The lowest BCUT2D eigenvalue weighted by Crippen LogP contribution is -2.35. The lowest BCUT2D eigenvalue weighted by molar-refractivity contribution is -0.121. The second-order valence-electron chi connectivity index (χ2n) is 4.02. The Morgan fingerprint density at radius 2 is 2.06 bits per heavy atom. The van der Waals surface area contributed by atoms with E-state index in [-0.39, 0.29) is 22.7 Å². The maximum absolute atomic E-state index is 11.8. The third kappa shape index (κ3) is 3.75. The first kappa shape index (κ1) is 14.0. The number of carbonyl (C=O) groups excluding carboxylic acids is 1. The molecule has 0 aromatic carbocycles. The molecule has 1 aromatic rings. The first-order valence-corrected chi connectivity index (χ1v) is 7.22. The molecule has 5 heteroatoms. The van der Waals surface area contributed by atoms with Crippen molar-refractivity contribution in [1.82, 2.24) is 5.32 Å². The zero-order valence-corrected chi connectivity index (χ0v) is 12.6. The molecule has 2 nitrogen and oxygen atoms in total. The molecule has 0 radical (unpaired) electrons. The van der Waals surface area contributed by atoms with E-state index in [1.807, 2.05) is 32.9 Å². The SMILES string of the molecule is CC(NC(=O)C(Br)C(C)C)c1ccc(Cl)s1. The number of halogens is 2. The Kier molecular flexibility index (Phi) is 5.28. The minimum atomic E-state index is -0.148. The molecule has 90 valence electrons. The predicted octanol–water partition coefficient (Wildman–Crippen LogP) is 4.00. The van der Waals surface area contributed by atoms with Crippen molar-refractivity contribution in [1.29, 1.82) is 0 Å². The van der Waals surface area contributed by atoms with Gasteiger partial charge in [-0.2, -0.15) is 0 Å². The maximum Gasteiger partial charge on any atom is 0.234 e. The Hall–Kier alpha value is -0.0600. The molecule has 0 aliphatic carbocycles. The Morgan fingerprint density at radius 1 is 1.44 bits per heavy atom. The summed E-state index contributed by atoms with van der Waals surface area (Å²) in [4.78, 5) is 12.7. The van der Waals surface area contributed by atoms with Crippen molar-refractivity contribution in [3.05, 3.63) is 21.3 Å². The van der Waals surface area contributed by atoms with Crippen molar-refractivity contribution in [2.45, 2.75) is 31.6 Å². The second kappa shape index (κ2) is 6.03. The fraction of sp³-hybridized carbons (Fsp3) is 0.545. The minimum absolute atomic E-state index is 0.00352. The summed E-state index contributed by atoms with van der Waals surface area (Å²) in [5.41, 5.74) is 0. The van der Waals surface area contributed by atoms with Gasteiger partial charge >= 0.3 is 0 Å². The van der Waals surface area contributed by atoms with E-state index in [1.165, 1.54) is 11.3 Å². The van der Waals surface area contributed by atoms with Crippen LogP contribution in [0.2, 0.25) is 4.34 Å². The van der Waals surface area contributed by atoms with Crippen LogP contribution in [0.5, 0.6) is 0 Å². The highest BCUT2D eigenvalue weighted by Gasteiger charge is 2.21. The van der Waals surface area contributed by atoms with E-state index in [2.05, 4.69) is 21.2 Å². The van der Waals surface area contributed by atoms with Crippen LogP contribution in [0.25, 0.3) is 0 Å². The molecule has 2 atom stereocenters. The number of rotatable bonds is 4. The molecule has 0 saturated carbocycles. The summed E-state index contributed by atoms with van der Waals surface area (Å²) in [5, 5.41) is 2.96. The van der Waals surface area contributed by atoms with E-state index >= 15 is 0 Å². The summed E-state index contributed by atoms with van der Waals surface area (Å²) in [6.45, 7) is 5.97. The Bertz CT molecular complexity index is 367. The highest BCUT2D eigenvalue weighted by atomic mass is 79.9. The van der Waals surface area contributed by atoms with Crippen LogP contribution in [0.3, 0.4) is 0 Å². The second-order valence-corrected chi connectivity index (χ2v) is 6.75. The van der Waals surface area contributed by atoms with E-state index in [4.69, 9.17) is 11.6 Å². The van der Waals surface area contributed by atoms with Crippen LogP contribution in [0, 0.1) is 5.92 Å². The zero-order valence-electron chi connectivity index (χ0n) is 9.46. The van der Waals surface area contributed by atoms with E-state index in [0.29, 0.717) is 0 Å². The largest absolute Gasteiger partial charge is 0.348 e. The Balaban J connectivity index is 2.58. The molecule has 0 fully saturated rings. The average Bonchev–Trinajstić information content (AvgIpc) is 2.63. The van der Waals surface area contributed by atoms with Gasteiger partial charge in [0.05, 0.1) is 15.2 Å². The lowest BCUT2D eigenvalue weighted by atomic mass is 10.1. The quantitative estimate of drug-likeness (QED) is 0.833. The molecule has 16 heavy (non-hydrogen) atoms. The van der Waals surface area contributed by atoms with Gasteiger partial charge in [-0.15, -0.1) is 11.3 Å². The van der Waals surface area contributed by atoms with Crippen LogP contribution in [-0.4, -0.2) is 10.7 Å². The smallest absolute Gasteiger partial charge is 0.234 e. The average molecular weight is 325 g/mol. The van der Waals surface area contributed by atoms with Crippen LogP contribution in [-0.2, 0) is 4.79 Å². The van der Waals surface area contributed by atoms with Gasteiger partial charge in [0.1, 0.15) is 0 Å². The Labute approximate surface area is 114 Å². The molecule has 1 aromatic heterocycles. The number of alkyl halides is 1. The van der Waals surface area contributed by atoms with Gasteiger partial charge < -0.3 is 5.32 Å². The summed E-state index contributed by atoms with van der Waals surface area (Å²) in [6, 6.07) is 3.79.